The van der Waals surface area contributed by atoms with Crippen LogP contribution in [0, 0.1) is 11.6 Å². The van der Waals surface area contributed by atoms with Gasteiger partial charge in [-0.25, -0.2) is 8.78 Å². The van der Waals surface area contributed by atoms with E-state index in [9.17, 15) is 8.78 Å². The molecule has 1 nitrogen and oxygen atoms in total. The minimum absolute atomic E-state index is 0.145. The average Bonchev–Trinajstić information content (AvgIpc) is 2.37. The smallest absolute Gasteiger partial charge is 0.137 e. The lowest BCUT2D eigenvalue weighted by Crippen LogP contribution is -2.14. The molecule has 0 bridgehead atoms. The van der Waals surface area contributed by atoms with Gasteiger partial charge in [-0.3, -0.25) is 0 Å². The monoisotopic (exact) mass is 311 g/mol. The topological polar surface area (TPSA) is 12.0 Å². The maximum atomic E-state index is 13.5. The third-order valence-corrected chi connectivity index (χ3v) is 3.18. The van der Waals surface area contributed by atoms with Crippen LogP contribution in [0.3, 0.4) is 0 Å². The highest BCUT2D eigenvalue weighted by Gasteiger charge is 2.07. The van der Waals surface area contributed by atoms with Gasteiger partial charge in [-0.15, -0.1) is 0 Å². The highest BCUT2D eigenvalue weighted by atomic mass is 79.9. The number of hydrogen-bond donors (Lipinski definition) is 1. The summed E-state index contributed by atoms with van der Waals surface area (Å²) < 4.78 is 26.9. The summed E-state index contributed by atoms with van der Waals surface area (Å²) in [7, 11) is 0. The molecule has 0 heterocycles. The fourth-order valence-corrected chi connectivity index (χ4v) is 1.95. The highest BCUT2D eigenvalue weighted by molar-refractivity contribution is 9.10. The van der Waals surface area contributed by atoms with E-state index in [1.165, 1.54) is 6.07 Å². The summed E-state index contributed by atoms with van der Waals surface area (Å²) in [6.07, 6.45) is 0. The molecule has 0 aliphatic rings. The van der Waals surface area contributed by atoms with Gasteiger partial charge in [-0.1, -0.05) is 30.3 Å². The molecule has 0 amide bonds. The van der Waals surface area contributed by atoms with Crippen molar-refractivity contribution in [2.75, 3.05) is 0 Å². The molecule has 4 heteroatoms. The van der Waals surface area contributed by atoms with E-state index in [4.69, 9.17) is 0 Å². The lowest BCUT2D eigenvalue weighted by molar-refractivity contribution is 0.565. The zero-order valence-electron chi connectivity index (χ0n) is 9.59. The fourth-order valence-electron chi connectivity index (χ4n) is 1.64. The van der Waals surface area contributed by atoms with Crippen molar-refractivity contribution >= 4 is 15.9 Å². The van der Waals surface area contributed by atoms with Crippen molar-refractivity contribution in [3.63, 3.8) is 0 Å². The zero-order chi connectivity index (χ0) is 13.0. The Balaban J connectivity index is 1.97. The molecule has 0 saturated carbocycles. The first-order chi connectivity index (χ1) is 8.66. The Morgan fingerprint density at radius 1 is 0.944 bits per heavy atom. The molecule has 0 radical (unpaired) electrons. The van der Waals surface area contributed by atoms with Gasteiger partial charge in [-0.2, -0.15) is 0 Å². The molecule has 0 aliphatic carbocycles. The molecule has 1 N–H and O–H groups in total. The summed E-state index contributed by atoms with van der Waals surface area (Å²) in [6.45, 7) is 0.920. The Kier molecular flexibility index (Phi) is 4.44. The van der Waals surface area contributed by atoms with Crippen LogP contribution in [0.15, 0.2) is 46.9 Å². The fraction of sp³-hybridized carbons (Fsp3) is 0.143. The van der Waals surface area contributed by atoms with Crippen LogP contribution in [-0.2, 0) is 13.1 Å². The summed E-state index contributed by atoms with van der Waals surface area (Å²) in [5.74, 6) is -0.864. The number of halogens is 3. The van der Waals surface area contributed by atoms with Crippen LogP contribution in [-0.4, -0.2) is 0 Å². The van der Waals surface area contributed by atoms with E-state index in [1.807, 2.05) is 30.3 Å². The van der Waals surface area contributed by atoms with Gasteiger partial charge < -0.3 is 5.32 Å². The van der Waals surface area contributed by atoms with Crippen molar-refractivity contribution in [1.82, 2.24) is 5.32 Å². The predicted octanol–water partition coefficient (Wildman–Crippen LogP) is 4.02. The first-order valence-corrected chi connectivity index (χ1v) is 6.34. The highest BCUT2D eigenvalue weighted by Crippen LogP contribution is 2.19. The third kappa shape index (κ3) is 3.37. The minimum Gasteiger partial charge on any atom is -0.309 e. The Morgan fingerprint density at radius 2 is 1.67 bits per heavy atom. The second-order valence-electron chi connectivity index (χ2n) is 3.95. The van der Waals surface area contributed by atoms with Gasteiger partial charge in [-0.05, 0) is 33.6 Å². The van der Waals surface area contributed by atoms with E-state index in [1.54, 1.807) is 0 Å². The van der Waals surface area contributed by atoms with E-state index >= 15 is 0 Å². The van der Waals surface area contributed by atoms with Crippen LogP contribution in [0.2, 0.25) is 0 Å². The maximum Gasteiger partial charge on any atom is 0.137 e. The van der Waals surface area contributed by atoms with Crippen LogP contribution in [0.4, 0.5) is 8.78 Å². The molecule has 2 rings (SSSR count). The zero-order valence-corrected chi connectivity index (χ0v) is 11.2. The Morgan fingerprint density at radius 3 is 2.39 bits per heavy atom. The quantitative estimate of drug-likeness (QED) is 0.841. The van der Waals surface area contributed by atoms with Gasteiger partial charge in [0.25, 0.3) is 0 Å². The Hall–Kier alpha value is -1.26. The van der Waals surface area contributed by atoms with Crippen molar-refractivity contribution in [3.8, 4) is 0 Å². The SMILES string of the molecule is Fc1cc(CNCc2ccccc2)c(F)cc1Br. The van der Waals surface area contributed by atoms with E-state index < -0.39 is 11.6 Å². The summed E-state index contributed by atoms with van der Waals surface area (Å²) in [4.78, 5) is 0. The number of benzene rings is 2. The second kappa shape index (κ2) is 6.07. The molecular formula is C14H12BrF2N. The lowest BCUT2D eigenvalue weighted by atomic mass is 10.2. The average molecular weight is 312 g/mol. The Labute approximate surface area is 113 Å². The molecule has 0 unspecified atom stereocenters. The van der Waals surface area contributed by atoms with Crippen LogP contribution >= 0.6 is 15.9 Å². The minimum atomic E-state index is -0.451. The maximum absolute atomic E-state index is 13.5. The molecule has 18 heavy (non-hydrogen) atoms. The van der Waals surface area contributed by atoms with Crippen LogP contribution in [0.5, 0.6) is 0 Å². The van der Waals surface area contributed by atoms with E-state index in [0.29, 0.717) is 18.7 Å². The standard InChI is InChI=1S/C14H12BrF2N/c15-12-7-13(16)11(6-14(12)17)9-18-8-10-4-2-1-3-5-10/h1-7,18H,8-9H2. The predicted molar refractivity (Wildman–Crippen MR) is 71.0 cm³/mol. The summed E-state index contributed by atoms with van der Waals surface area (Å²) in [5, 5.41) is 3.08. The number of rotatable bonds is 4. The van der Waals surface area contributed by atoms with Gasteiger partial charge in [0, 0.05) is 18.7 Å². The van der Waals surface area contributed by atoms with Gasteiger partial charge in [0.05, 0.1) is 4.47 Å². The molecule has 94 valence electrons. The molecule has 0 spiro atoms. The van der Waals surface area contributed by atoms with Gasteiger partial charge in [0.2, 0.25) is 0 Å². The van der Waals surface area contributed by atoms with Crippen molar-refractivity contribution in [1.29, 1.82) is 0 Å². The molecule has 0 fully saturated rings. The van der Waals surface area contributed by atoms with Crippen LogP contribution in [0.25, 0.3) is 0 Å². The summed E-state index contributed by atoms with van der Waals surface area (Å²) in [5.41, 5.74) is 1.43. The van der Waals surface area contributed by atoms with E-state index in [0.717, 1.165) is 11.6 Å². The van der Waals surface area contributed by atoms with Crippen molar-refractivity contribution in [2.45, 2.75) is 13.1 Å². The Bertz CT molecular complexity index is 529. The van der Waals surface area contributed by atoms with Crippen molar-refractivity contribution < 1.29 is 8.78 Å². The number of hydrogen-bond acceptors (Lipinski definition) is 1. The largest absolute Gasteiger partial charge is 0.309 e. The second-order valence-corrected chi connectivity index (χ2v) is 4.80. The molecule has 0 atom stereocenters. The number of nitrogens with one attached hydrogen (secondary N) is 1. The van der Waals surface area contributed by atoms with Crippen molar-refractivity contribution in [2.24, 2.45) is 0 Å². The molecule has 0 aliphatic heterocycles. The third-order valence-electron chi connectivity index (χ3n) is 2.58. The van der Waals surface area contributed by atoms with Crippen LogP contribution < -0.4 is 5.32 Å². The summed E-state index contributed by atoms with van der Waals surface area (Å²) in [6, 6.07) is 12.1. The molecule has 2 aromatic carbocycles. The molecule has 0 aromatic heterocycles. The molecule has 0 saturated heterocycles. The van der Waals surface area contributed by atoms with Gasteiger partial charge in [0.15, 0.2) is 0 Å². The van der Waals surface area contributed by atoms with Crippen LogP contribution in [0.1, 0.15) is 11.1 Å². The molecule has 2 aromatic rings. The van der Waals surface area contributed by atoms with Gasteiger partial charge >= 0.3 is 0 Å². The molecular weight excluding hydrogens is 300 g/mol. The van der Waals surface area contributed by atoms with Gasteiger partial charge in [0.1, 0.15) is 11.6 Å². The summed E-state index contributed by atoms with van der Waals surface area (Å²) >= 11 is 2.95. The first-order valence-electron chi connectivity index (χ1n) is 5.55. The first kappa shape index (κ1) is 13.2. The lowest BCUT2D eigenvalue weighted by Gasteiger charge is -2.07. The van der Waals surface area contributed by atoms with E-state index in [2.05, 4.69) is 21.2 Å². The van der Waals surface area contributed by atoms with E-state index in [-0.39, 0.29) is 4.47 Å². The normalized spacial score (nSPS) is 10.6. The van der Waals surface area contributed by atoms with Crippen molar-refractivity contribution in [3.05, 3.63) is 69.7 Å².